The number of aryl methyl sites for hydroxylation is 1. The molecule has 0 fully saturated rings. The number of ether oxygens (including phenoxy) is 2. The van der Waals surface area contributed by atoms with E-state index in [0.717, 1.165) is 10.1 Å². The number of thiazole rings is 1. The molecule has 62 valence electrons. The molecule has 0 saturated heterocycles. The standard InChI is InChI=1S/C7H11NO2S/c1-6-5-8-7(11-6)10-4-3-9-2/h5H,3-4H2,1-2H3. The van der Waals surface area contributed by atoms with Gasteiger partial charge >= 0.3 is 0 Å². The highest BCUT2D eigenvalue weighted by atomic mass is 32.1. The minimum absolute atomic E-state index is 0.573. The summed E-state index contributed by atoms with van der Waals surface area (Å²) in [4.78, 5) is 5.19. The van der Waals surface area contributed by atoms with Gasteiger partial charge in [-0.1, -0.05) is 11.3 Å². The first-order valence-corrected chi connectivity index (χ1v) is 4.18. The van der Waals surface area contributed by atoms with E-state index in [-0.39, 0.29) is 0 Å². The van der Waals surface area contributed by atoms with Crippen molar-refractivity contribution in [2.24, 2.45) is 0 Å². The first-order valence-electron chi connectivity index (χ1n) is 3.37. The predicted molar refractivity (Wildman–Crippen MR) is 44.2 cm³/mol. The summed E-state index contributed by atoms with van der Waals surface area (Å²) >= 11 is 1.55. The molecule has 4 heteroatoms. The van der Waals surface area contributed by atoms with Gasteiger partial charge in [-0.25, -0.2) is 4.98 Å². The smallest absolute Gasteiger partial charge is 0.273 e. The average molecular weight is 173 g/mol. The van der Waals surface area contributed by atoms with Gasteiger partial charge in [0, 0.05) is 18.2 Å². The van der Waals surface area contributed by atoms with Gasteiger partial charge in [-0.05, 0) is 6.92 Å². The van der Waals surface area contributed by atoms with Crippen LogP contribution in [0.15, 0.2) is 6.20 Å². The maximum Gasteiger partial charge on any atom is 0.273 e. The van der Waals surface area contributed by atoms with Gasteiger partial charge in [0.15, 0.2) is 0 Å². The fourth-order valence-corrected chi connectivity index (χ4v) is 1.24. The maximum atomic E-state index is 5.25. The molecule has 0 atom stereocenters. The number of methoxy groups -OCH3 is 1. The Morgan fingerprint density at radius 2 is 2.36 bits per heavy atom. The first kappa shape index (κ1) is 8.49. The van der Waals surface area contributed by atoms with Crippen LogP contribution in [0.25, 0.3) is 0 Å². The summed E-state index contributed by atoms with van der Waals surface area (Å²) in [5, 5.41) is 0.722. The van der Waals surface area contributed by atoms with E-state index in [1.54, 1.807) is 24.6 Å². The van der Waals surface area contributed by atoms with Gasteiger partial charge in [0.2, 0.25) is 0 Å². The van der Waals surface area contributed by atoms with Crippen molar-refractivity contribution in [3.63, 3.8) is 0 Å². The van der Waals surface area contributed by atoms with Gasteiger partial charge in [-0.15, -0.1) is 0 Å². The molecule has 1 heterocycles. The highest BCUT2D eigenvalue weighted by Crippen LogP contribution is 2.18. The van der Waals surface area contributed by atoms with Crippen molar-refractivity contribution >= 4 is 11.3 Å². The van der Waals surface area contributed by atoms with Crippen LogP contribution < -0.4 is 4.74 Å². The second-order valence-electron chi connectivity index (χ2n) is 2.08. The lowest BCUT2D eigenvalue weighted by atomic mass is 10.7. The lowest BCUT2D eigenvalue weighted by Gasteiger charge is -1.98. The van der Waals surface area contributed by atoms with Gasteiger partial charge in [0.05, 0.1) is 6.61 Å². The monoisotopic (exact) mass is 173 g/mol. The fourth-order valence-electron chi connectivity index (χ4n) is 0.613. The zero-order valence-corrected chi connectivity index (χ0v) is 7.48. The third-order valence-electron chi connectivity index (χ3n) is 1.11. The summed E-state index contributed by atoms with van der Waals surface area (Å²) in [6.07, 6.45) is 1.80. The van der Waals surface area contributed by atoms with E-state index in [1.807, 2.05) is 6.92 Å². The van der Waals surface area contributed by atoms with Crippen LogP contribution >= 0.6 is 11.3 Å². The lowest BCUT2D eigenvalue weighted by molar-refractivity contribution is 0.146. The van der Waals surface area contributed by atoms with Gasteiger partial charge in [0.1, 0.15) is 6.61 Å². The molecule has 0 saturated carbocycles. The molecule has 0 aliphatic rings. The quantitative estimate of drug-likeness (QED) is 0.646. The van der Waals surface area contributed by atoms with Gasteiger partial charge in [-0.3, -0.25) is 0 Å². The number of nitrogens with zero attached hydrogens (tertiary/aromatic N) is 1. The minimum Gasteiger partial charge on any atom is -0.468 e. The summed E-state index contributed by atoms with van der Waals surface area (Å²) in [5.74, 6) is 0. The minimum atomic E-state index is 0.573. The molecule has 0 aromatic carbocycles. The van der Waals surface area contributed by atoms with E-state index in [9.17, 15) is 0 Å². The molecule has 0 radical (unpaired) electrons. The Morgan fingerprint density at radius 1 is 1.55 bits per heavy atom. The molecule has 11 heavy (non-hydrogen) atoms. The fraction of sp³-hybridized carbons (Fsp3) is 0.571. The average Bonchev–Trinajstić information content (AvgIpc) is 2.37. The Bertz CT molecular complexity index is 212. The summed E-state index contributed by atoms with van der Waals surface area (Å²) in [6, 6.07) is 0. The maximum absolute atomic E-state index is 5.25. The Hall–Kier alpha value is -0.610. The van der Waals surface area contributed by atoms with Crippen LogP contribution in [0, 0.1) is 6.92 Å². The number of rotatable bonds is 4. The van der Waals surface area contributed by atoms with E-state index in [1.165, 1.54) is 0 Å². The molecular formula is C7H11NO2S. The zero-order chi connectivity index (χ0) is 8.10. The summed E-state index contributed by atoms with van der Waals surface area (Å²) in [6.45, 7) is 3.18. The Balaban J connectivity index is 2.27. The summed E-state index contributed by atoms with van der Waals surface area (Å²) in [7, 11) is 1.65. The van der Waals surface area contributed by atoms with Crippen LogP contribution in [0.4, 0.5) is 0 Å². The van der Waals surface area contributed by atoms with Crippen LogP contribution in [0.5, 0.6) is 5.19 Å². The largest absolute Gasteiger partial charge is 0.468 e. The molecule has 0 unspecified atom stereocenters. The zero-order valence-electron chi connectivity index (χ0n) is 6.66. The van der Waals surface area contributed by atoms with E-state index in [2.05, 4.69) is 4.98 Å². The van der Waals surface area contributed by atoms with E-state index < -0.39 is 0 Å². The van der Waals surface area contributed by atoms with E-state index in [4.69, 9.17) is 9.47 Å². The van der Waals surface area contributed by atoms with Crippen molar-refractivity contribution in [2.45, 2.75) is 6.92 Å². The molecule has 0 aliphatic carbocycles. The third kappa shape index (κ3) is 2.86. The summed E-state index contributed by atoms with van der Waals surface area (Å²) in [5.41, 5.74) is 0. The highest BCUT2D eigenvalue weighted by molar-refractivity contribution is 7.13. The molecule has 0 aliphatic heterocycles. The Labute approximate surface area is 70.0 Å². The summed E-state index contributed by atoms with van der Waals surface area (Å²) < 4.78 is 10.1. The molecule has 1 aromatic rings. The molecule has 1 rings (SSSR count). The molecule has 3 nitrogen and oxygen atoms in total. The SMILES string of the molecule is COCCOc1ncc(C)s1. The third-order valence-corrected chi connectivity index (χ3v) is 1.94. The molecule has 0 N–H and O–H groups in total. The second kappa shape index (κ2) is 4.31. The van der Waals surface area contributed by atoms with Gasteiger partial charge in [-0.2, -0.15) is 0 Å². The van der Waals surface area contributed by atoms with Crippen molar-refractivity contribution < 1.29 is 9.47 Å². The highest BCUT2D eigenvalue weighted by Gasteiger charge is 1.97. The van der Waals surface area contributed by atoms with Crippen molar-refractivity contribution in [1.29, 1.82) is 0 Å². The lowest BCUT2D eigenvalue weighted by Crippen LogP contribution is -2.03. The topological polar surface area (TPSA) is 31.4 Å². The molecule has 0 spiro atoms. The number of hydrogen-bond donors (Lipinski definition) is 0. The van der Waals surface area contributed by atoms with Crippen LogP contribution in [-0.4, -0.2) is 25.3 Å². The number of aromatic nitrogens is 1. The second-order valence-corrected chi connectivity index (χ2v) is 3.28. The van der Waals surface area contributed by atoms with Gasteiger partial charge in [0.25, 0.3) is 5.19 Å². The van der Waals surface area contributed by atoms with E-state index in [0.29, 0.717) is 13.2 Å². The molecule has 0 bridgehead atoms. The molecule has 0 amide bonds. The molecular weight excluding hydrogens is 162 g/mol. The normalized spacial score (nSPS) is 10.0. The molecule has 1 aromatic heterocycles. The number of hydrogen-bond acceptors (Lipinski definition) is 4. The van der Waals surface area contributed by atoms with Crippen molar-refractivity contribution in [3.8, 4) is 5.19 Å². The Morgan fingerprint density at radius 3 is 2.91 bits per heavy atom. The van der Waals surface area contributed by atoms with Gasteiger partial charge < -0.3 is 9.47 Å². The van der Waals surface area contributed by atoms with Crippen molar-refractivity contribution in [2.75, 3.05) is 20.3 Å². The first-order chi connectivity index (χ1) is 5.33. The van der Waals surface area contributed by atoms with Crippen LogP contribution in [-0.2, 0) is 4.74 Å². The van der Waals surface area contributed by atoms with Crippen LogP contribution in [0.2, 0.25) is 0 Å². The van der Waals surface area contributed by atoms with Crippen LogP contribution in [0.1, 0.15) is 4.88 Å². The Kier molecular flexibility index (Phi) is 3.32. The van der Waals surface area contributed by atoms with Crippen LogP contribution in [0.3, 0.4) is 0 Å². The van der Waals surface area contributed by atoms with Crippen molar-refractivity contribution in [3.05, 3.63) is 11.1 Å². The predicted octanol–water partition coefficient (Wildman–Crippen LogP) is 1.48. The van der Waals surface area contributed by atoms with Crippen molar-refractivity contribution in [1.82, 2.24) is 4.98 Å². The van der Waals surface area contributed by atoms with E-state index >= 15 is 0 Å².